The van der Waals surface area contributed by atoms with Crippen molar-refractivity contribution >= 4 is 11.8 Å². The van der Waals surface area contributed by atoms with Gasteiger partial charge in [-0.25, -0.2) is 4.39 Å². The van der Waals surface area contributed by atoms with Crippen molar-refractivity contribution < 1.29 is 28.6 Å². The van der Waals surface area contributed by atoms with E-state index in [2.05, 4.69) is 10.6 Å². The Labute approximate surface area is 175 Å². The van der Waals surface area contributed by atoms with Gasteiger partial charge >= 0.3 is 0 Å². The zero-order valence-electron chi connectivity index (χ0n) is 17.0. The Bertz CT molecular complexity index is 714. The molecule has 0 spiro atoms. The van der Waals surface area contributed by atoms with Crippen molar-refractivity contribution in [3.63, 3.8) is 0 Å². The fourth-order valence-electron chi connectivity index (χ4n) is 3.79. The number of hydrogen-bond donors (Lipinski definition) is 3. The van der Waals surface area contributed by atoms with Gasteiger partial charge in [0, 0.05) is 19.6 Å². The highest BCUT2D eigenvalue weighted by atomic mass is 19.1. The highest BCUT2D eigenvalue weighted by Crippen LogP contribution is 2.22. The summed E-state index contributed by atoms with van der Waals surface area (Å²) in [4.78, 5) is 26.6. The van der Waals surface area contributed by atoms with Crippen molar-refractivity contribution in [2.75, 3.05) is 39.5 Å². The van der Waals surface area contributed by atoms with Gasteiger partial charge < -0.3 is 25.2 Å². The third-order valence-electron chi connectivity index (χ3n) is 5.40. The average molecular weight is 423 g/mol. The molecule has 0 bridgehead atoms. The minimum atomic E-state index is -0.548. The monoisotopic (exact) mass is 423 g/mol. The predicted octanol–water partition coefficient (Wildman–Crippen LogP) is 0.189. The first kappa shape index (κ1) is 22.6. The molecule has 2 aliphatic heterocycles. The lowest BCUT2D eigenvalue weighted by atomic mass is 9.97. The molecule has 2 fully saturated rings. The molecular weight excluding hydrogens is 393 g/mol. The largest absolute Gasteiger partial charge is 0.394 e. The Morgan fingerprint density at radius 2 is 2.00 bits per heavy atom. The number of hydrogen-bond acceptors (Lipinski definition) is 6. The van der Waals surface area contributed by atoms with E-state index in [1.807, 2.05) is 4.90 Å². The van der Waals surface area contributed by atoms with Gasteiger partial charge in [0.15, 0.2) is 0 Å². The van der Waals surface area contributed by atoms with E-state index in [0.717, 1.165) is 13.1 Å². The van der Waals surface area contributed by atoms with E-state index in [1.165, 1.54) is 12.1 Å². The molecule has 0 aromatic heterocycles. The van der Waals surface area contributed by atoms with Crippen LogP contribution in [0.5, 0.6) is 0 Å². The first-order valence-corrected chi connectivity index (χ1v) is 10.4. The van der Waals surface area contributed by atoms with Crippen LogP contribution in [0.25, 0.3) is 0 Å². The number of benzene rings is 1. The van der Waals surface area contributed by atoms with Crippen molar-refractivity contribution in [3.05, 3.63) is 35.6 Å². The van der Waals surface area contributed by atoms with Gasteiger partial charge in [0.2, 0.25) is 11.8 Å². The van der Waals surface area contributed by atoms with Gasteiger partial charge in [-0.3, -0.25) is 14.5 Å². The van der Waals surface area contributed by atoms with E-state index < -0.39 is 6.10 Å². The van der Waals surface area contributed by atoms with Gasteiger partial charge in [-0.2, -0.15) is 0 Å². The first-order chi connectivity index (χ1) is 14.5. The van der Waals surface area contributed by atoms with Crippen LogP contribution in [0.4, 0.5) is 4.39 Å². The minimum Gasteiger partial charge on any atom is -0.394 e. The molecule has 1 aromatic rings. The maximum atomic E-state index is 13.2. The fraction of sp³-hybridized carbons (Fsp3) is 0.619. The van der Waals surface area contributed by atoms with Crippen LogP contribution in [0.15, 0.2) is 24.3 Å². The third kappa shape index (κ3) is 7.02. The molecule has 3 N–H and O–H groups in total. The summed E-state index contributed by atoms with van der Waals surface area (Å²) in [7, 11) is 0. The molecule has 166 valence electrons. The molecule has 9 heteroatoms. The van der Waals surface area contributed by atoms with Crippen molar-refractivity contribution in [1.29, 1.82) is 0 Å². The van der Waals surface area contributed by atoms with E-state index in [9.17, 15) is 19.1 Å². The summed E-state index contributed by atoms with van der Waals surface area (Å²) in [5, 5.41) is 15.4. The molecule has 3 rings (SSSR count). The Morgan fingerprint density at radius 1 is 1.20 bits per heavy atom. The highest BCUT2D eigenvalue weighted by Gasteiger charge is 2.33. The minimum absolute atomic E-state index is 0.102. The number of nitrogens with one attached hydrogen (secondary N) is 2. The fourth-order valence-corrected chi connectivity index (χ4v) is 3.79. The molecular formula is C21H30FN3O5. The van der Waals surface area contributed by atoms with Crippen LogP contribution in [-0.2, 0) is 25.6 Å². The second-order valence-corrected chi connectivity index (χ2v) is 7.73. The summed E-state index contributed by atoms with van der Waals surface area (Å²) in [6, 6.07) is 5.79. The van der Waals surface area contributed by atoms with Gasteiger partial charge in [0.25, 0.3) is 0 Å². The van der Waals surface area contributed by atoms with E-state index in [-0.39, 0.29) is 49.3 Å². The number of amides is 2. The zero-order valence-corrected chi connectivity index (χ0v) is 17.0. The number of halogens is 1. The smallest absolute Gasteiger partial charge is 0.234 e. The van der Waals surface area contributed by atoms with Crippen LogP contribution in [0.2, 0.25) is 0 Å². The molecule has 2 heterocycles. The highest BCUT2D eigenvalue weighted by molar-refractivity contribution is 5.78. The molecule has 0 unspecified atom stereocenters. The van der Waals surface area contributed by atoms with E-state index in [0.29, 0.717) is 38.2 Å². The Morgan fingerprint density at radius 3 is 2.73 bits per heavy atom. The standard InChI is InChI=1S/C21H30FN3O5/c22-16-3-1-2-15(10-16)12-23-20(27)11-17-4-5-18(19(14-26)30-17)24-21(28)13-25-6-8-29-9-7-25/h1-3,10,17-19,26H,4-9,11-14H2,(H,23,27)(H,24,28)/t17-,18-,19+/m0/s1. The van der Waals surface area contributed by atoms with Gasteiger partial charge in [-0.1, -0.05) is 12.1 Å². The summed E-state index contributed by atoms with van der Waals surface area (Å²) >= 11 is 0. The summed E-state index contributed by atoms with van der Waals surface area (Å²) < 4.78 is 24.4. The van der Waals surface area contributed by atoms with Crippen LogP contribution in [-0.4, -0.2) is 79.5 Å². The van der Waals surface area contributed by atoms with Crippen LogP contribution < -0.4 is 10.6 Å². The number of carbonyl (C=O) groups excluding carboxylic acids is 2. The topological polar surface area (TPSA) is 100 Å². The first-order valence-electron chi connectivity index (χ1n) is 10.4. The molecule has 0 saturated carbocycles. The van der Waals surface area contributed by atoms with Crippen LogP contribution >= 0.6 is 0 Å². The van der Waals surface area contributed by atoms with Crippen molar-refractivity contribution in [3.8, 4) is 0 Å². The SMILES string of the molecule is O=C(C[C@@H]1CC[C@H](NC(=O)CN2CCOCC2)[C@@H](CO)O1)NCc1cccc(F)c1. The molecule has 0 radical (unpaired) electrons. The van der Waals surface area contributed by atoms with Gasteiger partial charge in [0.1, 0.15) is 11.9 Å². The molecule has 3 atom stereocenters. The molecule has 2 aliphatic rings. The average Bonchev–Trinajstić information content (AvgIpc) is 2.74. The molecule has 2 saturated heterocycles. The van der Waals surface area contributed by atoms with Crippen molar-refractivity contribution in [2.45, 2.75) is 44.1 Å². The summed E-state index contributed by atoms with van der Waals surface area (Å²) in [5.74, 6) is -0.643. The van der Waals surface area contributed by atoms with Gasteiger partial charge in [-0.05, 0) is 30.5 Å². The number of carbonyl (C=O) groups is 2. The lowest BCUT2D eigenvalue weighted by Gasteiger charge is -2.36. The van der Waals surface area contributed by atoms with Crippen molar-refractivity contribution in [2.24, 2.45) is 0 Å². The number of ether oxygens (including phenoxy) is 2. The summed E-state index contributed by atoms with van der Waals surface area (Å²) in [5.41, 5.74) is 0.684. The lowest BCUT2D eigenvalue weighted by Crippen LogP contribution is -2.53. The van der Waals surface area contributed by atoms with Crippen LogP contribution in [0.3, 0.4) is 0 Å². The van der Waals surface area contributed by atoms with Gasteiger partial charge in [-0.15, -0.1) is 0 Å². The molecule has 30 heavy (non-hydrogen) atoms. The van der Waals surface area contributed by atoms with E-state index in [1.54, 1.807) is 12.1 Å². The molecule has 0 aliphatic carbocycles. The number of aliphatic hydroxyl groups is 1. The Balaban J connectivity index is 1.40. The summed E-state index contributed by atoms with van der Waals surface area (Å²) in [6.45, 7) is 3.01. The maximum Gasteiger partial charge on any atom is 0.234 e. The quantitative estimate of drug-likeness (QED) is 0.552. The Kier molecular flexibility index (Phi) is 8.56. The Hall–Kier alpha value is -2.07. The third-order valence-corrected chi connectivity index (χ3v) is 5.40. The van der Waals surface area contributed by atoms with E-state index >= 15 is 0 Å². The molecule has 8 nitrogen and oxygen atoms in total. The van der Waals surface area contributed by atoms with Gasteiger partial charge in [0.05, 0.1) is 44.9 Å². The number of rotatable bonds is 8. The second kappa shape index (κ2) is 11.4. The van der Waals surface area contributed by atoms with E-state index in [4.69, 9.17) is 9.47 Å². The number of nitrogens with zero attached hydrogens (tertiary/aromatic N) is 1. The maximum absolute atomic E-state index is 13.2. The normalized spacial score (nSPS) is 24.9. The van der Waals surface area contributed by atoms with Crippen molar-refractivity contribution in [1.82, 2.24) is 15.5 Å². The molecule has 2 amide bonds. The number of morpholine rings is 1. The molecule has 1 aromatic carbocycles. The number of aliphatic hydroxyl groups excluding tert-OH is 1. The predicted molar refractivity (Wildman–Crippen MR) is 107 cm³/mol. The lowest BCUT2D eigenvalue weighted by molar-refractivity contribution is -0.136. The second-order valence-electron chi connectivity index (χ2n) is 7.73. The van der Waals surface area contributed by atoms with Crippen LogP contribution in [0.1, 0.15) is 24.8 Å². The zero-order chi connectivity index (χ0) is 21.3. The van der Waals surface area contributed by atoms with Crippen LogP contribution in [0, 0.1) is 5.82 Å². The summed E-state index contributed by atoms with van der Waals surface area (Å²) in [6.07, 6.45) is 0.504.